The molecular formula is C17H27N3O4. The molecule has 1 heterocycles. The van der Waals surface area contributed by atoms with Crippen LogP contribution < -0.4 is 16.6 Å². The van der Waals surface area contributed by atoms with Crippen molar-refractivity contribution >= 4 is 5.91 Å². The Hall–Kier alpha value is -1.89. The maximum absolute atomic E-state index is 11.9. The van der Waals surface area contributed by atoms with Crippen molar-refractivity contribution in [2.24, 2.45) is 5.92 Å². The number of H-pyrrole nitrogens is 2. The van der Waals surface area contributed by atoms with Gasteiger partial charge in [-0.25, -0.2) is 4.79 Å². The van der Waals surface area contributed by atoms with Crippen LogP contribution in [0.15, 0.2) is 9.59 Å². The molecule has 0 aromatic carbocycles. The van der Waals surface area contributed by atoms with Gasteiger partial charge in [0.1, 0.15) is 0 Å². The highest BCUT2D eigenvalue weighted by Gasteiger charge is 2.21. The van der Waals surface area contributed by atoms with Crippen molar-refractivity contribution in [3.8, 4) is 0 Å². The van der Waals surface area contributed by atoms with Crippen LogP contribution >= 0.6 is 0 Å². The molecule has 1 aliphatic carbocycles. The lowest BCUT2D eigenvalue weighted by atomic mass is 9.88. The fraction of sp³-hybridized carbons (Fsp3) is 0.706. The summed E-state index contributed by atoms with van der Waals surface area (Å²) in [7, 11) is 0. The fourth-order valence-electron chi connectivity index (χ4n) is 3.18. The molecule has 24 heavy (non-hydrogen) atoms. The van der Waals surface area contributed by atoms with E-state index in [-0.39, 0.29) is 12.3 Å². The molecule has 0 unspecified atom stereocenters. The van der Waals surface area contributed by atoms with E-state index in [0.29, 0.717) is 42.9 Å². The quantitative estimate of drug-likeness (QED) is 0.646. The molecule has 1 aromatic heterocycles. The Kier molecular flexibility index (Phi) is 6.78. The first-order valence-electron chi connectivity index (χ1n) is 8.67. The molecule has 134 valence electrons. The first-order valence-corrected chi connectivity index (χ1v) is 8.67. The Labute approximate surface area is 141 Å². The van der Waals surface area contributed by atoms with Crippen molar-refractivity contribution in [2.75, 3.05) is 13.2 Å². The zero-order valence-electron chi connectivity index (χ0n) is 14.4. The van der Waals surface area contributed by atoms with Gasteiger partial charge in [-0.2, -0.15) is 0 Å². The van der Waals surface area contributed by atoms with E-state index in [4.69, 9.17) is 4.74 Å². The highest BCUT2D eigenvalue weighted by Crippen LogP contribution is 2.25. The zero-order valence-corrected chi connectivity index (χ0v) is 14.4. The van der Waals surface area contributed by atoms with Crippen molar-refractivity contribution in [3.63, 3.8) is 0 Å². The second-order valence-electron chi connectivity index (χ2n) is 6.53. The minimum Gasteiger partial charge on any atom is -0.376 e. The van der Waals surface area contributed by atoms with Crippen molar-refractivity contribution in [1.82, 2.24) is 15.3 Å². The van der Waals surface area contributed by atoms with Crippen molar-refractivity contribution in [1.29, 1.82) is 0 Å². The first-order chi connectivity index (χ1) is 11.5. The fourth-order valence-corrected chi connectivity index (χ4v) is 3.18. The number of amides is 1. The standard InChI is InChI=1S/C17H27N3O4/c1-11-5-3-4-6-14(11)24-10-9-18-15(21)8-7-13-12(2)19-17(23)20-16(13)22/h11,14H,3-10H2,1-2H3,(H,18,21)(H2,19,20,22,23)/t11-,14+/m0/s1. The van der Waals surface area contributed by atoms with E-state index < -0.39 is 11.2 Å². The Morgan fingerprint density at radius 2 is 2.00 bits per heavy atom. The molecule has 7 nitrogen and oxygen atoms in total. The summed E-state index contributed by atoms with van der Waals surface area (Å²) in [5, 5.41) is 2.81. The summed E-state index contributed by atoms with van der Waals surface area (Å²) in [5.41, 5.74) is -0.0124. The number of carbonyl (C=O) groups excluding carboxylic acids is 1. The monoisotopic (exact) mass is 337 g/mol. The van der Waals surface area contributed by atoms with Gasteiger partial charge < -0.3 is 15.0 Å². The summed E-state index contributed by atoms with van der Waals surface area (Å²) < 4.78 is 5.85. The normalized spacial score (nSPS) is 20.8. The summed E-state index contributed by atoms with van der Waals surface area (Å²) in [5.74, 6) is 0.463. The minimum absolute atomic E-state index is 0.125. The maximum Gasteiger partial charge on any atom is 0.325 e. The molecule has 2 atom stereocenters. The highest BCUT2D eigenvalue weighted by atomic mass is 16.5. The predicted molar refractivity (Wildman–Crippen MR) is 91.1 cm³/mol. The van der Waals surface area contributed by atoms with Crippen LogP contribution in [0.5, 0.6) is 0 Å². The molecule has 1 saturated carbocycles. The van der Waals surface area contributed by atoms with Crippen LogP contribution in [-0.4, -0.2) is 35.1 Å². The Bertz CT molecular complexity index is 665. The average molecular weight is 337 g/mol. The number of hydrogen-bond acceptors (Lipinski definition) is 4. The van der Waals surface area contributed by atoms with E-state index in [1.165, 1.54) is 19.3 Å². The molecule has 3 N–H and O–H groups in total. The number of aromatic amines is 2. The smallest absolute Gasteiger partial charge is 0.325 e. The van der Waals surface area contributed by atoms with E-state index in [2.05, 4.69) is 22.2 Å². The van der Waals surface area contributed by atoms with E-state index in [9.17, 15) is 14.4 Å². The van der Waals surface area contributed by atoms with Crippen LogP contribution in [0.1, 0.15) is 50.3 Å². The summed E-state index contributed by atoms with van der Waals surface area (Å²) in [6.07, 6.45) is 5.61. The predicted octanol–water partition coefficient (Wildman–Crippen LogP) is 1.02. The van der Waals surface area contributed by atoms with E-state index >= 15 is 0 Å². The number of aromatic nitrogens is 2. The lowest BCUT2D eigenvalue weighted by Gasteiger charge is -2.28. The summed E-state index contributed by atoms with van der Waals surface area (Å²) in [4.78, 5) is 39.4. The Morgan fingerprint density at radius 3 is 2.71 bits per heavy atom. The van der Waals surface area contributed by atoms with E-state index in [1.807, 2.05) is 0 Å². The molecule has 0 radical (unpaired) electrons. The highest BCUT2D eigenvalue weighted by molar-refractivity contribution is 5.76. The second kappa shape index (κ2) is 8.82. The molecule has 0 bridgehead atoms. The second-order valence-corrected chi connectivity index (χ2v) is 6.53. The summed E-state index contributed by atoms with van der Waals surface area (Å²) >= 11 is 0. The number of hydrogen-bond donors (Lipinski definition) is 3. The van der Waals surface area contributed by atoms with Gasteiger partial charge in [0, 0.05) is 24.2 Å². The lowest BCUT2D eigenvalue weighted by molar-refractivity contribution is -0.121. The van der Waals surface area contributed by atoms with Gasteiger partial charge in [-0.3, -0.25) is 14.6 Å². The summed E-state index contributed by atoms with van der Waals surface area (Å²) in [6.45, 7) is 4.86. The largest absolute Gasteiger partial charge is 0.376 e. The maximum atomic E-state index is 11.9. The third-order valence-corrected chi connectivity index (χ3v) is 4.65. The third-order valence-electron chi connectivity index (χ3n) is 4.65. The van der Waals surface area contributed by atoms with E-state index in [0.717, 1.165) is 6.42 Å². The molecule has 1 aromatic rings. The lowest BCUT2D eigenvalue weighted by Crippen LogP contribution is -2.32. The van der Waals surface area contributed by atoms with Crippen LogP contribution in [0.2, 0.25) is 0 Å². The number of nitrogens with one attached hydrogen (secondary N) is 3. The Balaban J connectivity index is 1.69. The number of aryl methyl sites for hydroxylation is 1. The van der Waals surface area contributed by atoms with Crippen molar-refractivity contribution in [3.05, 3.63) is 32.1 Å². The van der Waals surface area contributed by atoms with Crippen LogP contribution in [0, 0.1) is 12.8 Å². The van der Waals surface area contributed by atoms with Crippen molar-refractivity contribution < 1.29 is 9.53 Å². The Morgan fingerprint density at radius 1 is 1.25 bits per heavy atom. The molecule has 7 heteroatoms. The molecule has 0 aliphatic heterocycles. The minimum atomic E-state index is -0.528. The SMILES string of the molecule is Cc1[nH]c(=O)[nH]c(=O)c1CCC(=O)NCCO[C@@H]1CCCC[C@@H]1C. The zero-order chi connectivity index (χ0) is 17.5. The molecule has 1 aliphatic rings. The number of carbonyl (C=O) groups is 1. The van der Waals surface area contributed by atoms with Gasteiger partial charge >= 0.3 is 5.69 Å². The molecule has 1 amide bonds. The van der Waals surface area contributed by atoms with Crippen molar-refractivity contribution in [2.45, 2.75) is 58.5 Å². The third kappa shape index (κ3) is 5.33. The van der Waals surface area contributed by atoms with Crippen LogP contribution in [-0.2, 0) is 16.0 Å². The van der Waals surface area contributed by atoms with Gasteiger partial charge in [-0.05, 0) is 32.1 Å². The average Bonchev–Trinajstić information content (AvgIpc) is 2.52. The van der Waals surface area contributed by atoms with Gasteiger partial charge in [0.25, 0.3) is 5.56 Å². The molecular weight excluding hydrogens is 310 g/mol. The first kappa shape index (κ1) is 18.4. The van der Waals surface area contributed by atoms with Gasteiger partial charge in [0.05, 0.1) is 12.7 Å². The van der Waals surface area contributed by atoms with Gasteiger partial charge in [0.15, 0.2) is 0 Å². The molecule has 0 saturated heterocycles. The van der Waals surface area contributed by atoms with Gasteiger partial charge in [-0.1, -0.05) is 19.8 Å². The summed E-state index contributed by atoms with van der Waals surface area (Å²) in [6, 6.07) is 0. The van der Waals surface area contributed by atoms with Crippen LogP contribution in [0.3, 0.4) is 0 Å². The van der Waals surface area contributed by atoms with Gasteiger partial charge in [0.2, 0.25) is 5.91 Å². The number of rotatable bonds is 7. The topological polar surface area (TPSA) is 104 Å². The van der Waals surface area contributed by atoms with E-state index in [1.54, 1.807) is 6.92 Å². The van der Waals surface area contributed by atoms with Gasteiger partial charge in [-0.15, -0.1) is 0 Å². The van der Waals surface area contributed by atoms with Crippen LogP contribution in [0.25, 0.3) is 0 Å². The molecule has 1 fully saturated rings. The molecule has 2 rings (SSSR count). The number of ether oxygens (including phenoxy) is 1. The van der Waals surface area contributed by atoms with Crippen LogP contribution in [0.4, 0.5) is 0 Å². The molecule has 0 spiro atoms.